The van der Waals surface area contributed by atoms with E-state index in [-0.39, 0.29) is 23.9 Å². The Morgan fingerprint density at radius 1 is 1.18 bits per heavy atom. The number of ether oxygens (including phenoxy) is 1. The summed E-state index contributed by atoms with van der Waals surface area (Å²) in [6.07, 6.45) is 0.00767. The van der Waals surface area contributed by atoms with Crippen LogP contribution >= 0.6 is 0 Å². The smallest absolute Gasteiger partial charge is 0.335 e. The van der Waals surface area contributed by atoms with Crippen molar-refractivity contribution in [1.82, 2.24) is 4.90 Å². The summed E-state index contributed by atoms with van der Waals surface area (Å²) in [5.74, 6) is -0.838. The normalized spacial score (nSPS) is 18.2. The Bertz CT molecular complexity index is 971. The van der Waals surface area contributed by atoms with Gasteiger partial charge < -0.3 is 14.7 Å². The first-order chi connectivity index (χ1) is 13.4. The molecule has 0 saturated carbocycles. The van der Waals surface area contributed by atoms with E-state index in [1.165, 1.54) is 4.90 Å². The Hall–Kier alpha value is -3.35. The number of hydrogen-bond acceptors (Lipinski definition) is 4. The Morgan fingerprint density at radius 2 is 1.96 bits per heavy atom. The molecule has 0 saturated heterocycles. The van der Waals surface area contributed by atoms with E-state index < -0.39 is 12.1 Å². The topological polar surface area (TPSA) is 87.2 Å². The summed E-state index contributed by atoms with van der Waals surface area (Å²) in [6, 6.07) is 12.2. The van der Waals surface area contributed by atoms with Crippen molar-refractivity contribution >= 4 is 23.5 Å². The first-order valence-corrected chi connectivity index (χ1v) is 9.14. The zero-order chi connectivity index (χ0) is 19.8. The molecule has 28 heavy (non-hydrogen) atoms. The largest absolute Gasteiger partial charge is 0.479 e. The fourth-order valence-corrected chi connectivity index (χ4v) is 3.66. The number of amides is 2. The van der Waals surface area contributed by atoms with Crippen molar-refractivity contribution in [2.75, 3.05) is 18.0 Å². The number of para-hydroxylation sites is 2. The molecular weight excluding hydrogens is 360 g/mol. The number of rotatable bonds is 3. The Kier molecular flexibility index (Phi) is 4.50. The van der Waals surface area contributed by atoms with Gasteiger partial charge >= 0.3 is 5.97 Å². The zero-order valence-corrected chi connectivity index (χ0v) is 15.4. The van der Waals surface area contributed by atoms with Crippen LogP contribution in [-0.4, -0.2) is 47.0 Å². The molecule has 0 aromatic heterocycles. The number of carboxylic acids is 1. The molecule has 0 aliphatic carbocycles. The fourth-order valence-electron chi connectivity index (χ4n) is 3.66. The lowest BCUT2D eigenvalue weighted by molar-refractivity contribution is -0.133. The maximum Gasteiger partial charge on any atom is 0.335 e. The molecule has 2 heterocycles. The molecule has 4 rings (SSSR count). The second-order valence-electron chi connectivity index (χ2n) is 7.01. The molecular formula is C21H20N2O5. The van der Waals surface area contributed by atoms with Gasteiger partial charge in [0.25, 0.3) is 5.91 Å². The number of nitrogens with zero attached hydrogens (tertiary/aromatic N) is 2. The molecule has 2 aliphatic heterocycles. The lowest BCUT2D eigenvalue weighted by Crippen LogP contribution is -2.50. The van der Waals surface area contributed by atoms with Crippen LogP contribution in [0.2, 0.25) is 0 Å². The minimum atomic E-state index is -0.990. The molecule has 7 heteroatoms. The van der Waals surface area contributed by atoms with E-state index in [2.05, 4.69) is 0 Å². The summed E-state index contributed by atoms with van der Waals surface area (Å²) in [6.45, 7) is 2.47. The van der Waals surface area contributed by atoms with E-state index in [1.54, 1.807) is 42.2 Å². The van der Waals surface area contributed by atoms with Crippen LogP contribution in [0.5, 0.6) is 5.75 Å². The minimum absolute atomic E-state index is 0.0719. The molecule has 7 nitrogen and oxygen atoms in total. The van der Waals surface area contributed by atoms with Crippen LogP contribution in [0, 0.1) is 0 Å². The lowest BCUT2D eigenvalue weighted by Gasteiger charge is -2.35. The van der Waals surface area contributed by atoms with Crippen molar-refractivity contribution in [3.8, 4) is 5.75 Å². The predicted molar refractivity (Wildman–Crippen MR) is 101 cm³/mol. The molecule has 1 unspecified atom stereocenters. The van der Waals surface area contributed by atoms with Gasteiger partial charge in [-0.3, -0.25) is 14.5 Å². The molecule has 144 valence electrons. The molecule has 0 bridgehead atoms. The van der Waals surface area contributed by atoms with Crippen molar-refractivity contribution in [2.45, 2.75) is 26.0 Å². The lowest BCUT2D eigenvalue weighted by atomic mass is 9.97. The summed E-state index contributed by atoms with van der Waals surface area (Å²) < 4.78 is 5.61. The van der Waals surface area contributed by atoms with E-state index in [0.29, 0.717) is 30.9 Å². The highest BCUT2D eigenvalue weighted by Crippen LogP contribution is 2.33. The molecule has 2 aromatic carbocycles. The van der Waals surface area contributed by atoms with Gasteiger partial charge in [-0.15, -0.1) is 0 Å². The van der Waals surface area contributed by atoms with Crippen molar-refractivity contribution in [3.05, 3.63) is 59.2 Å². The molecule has 2 amide bonds. The number of aromatic carboxylic acids is 1. The molecule has 0 radical (unpaired) electrons. The monoisotopic (exact) mass is 380 g/mol. The summed E-state index contributed by atoms with van der Waals surface area (Å²) in [5, 5.41) is 9.19. The summed E-state index contributed by atoms with van der Waals surface area (Å²) in [5.41, 5.74) is 2.68. The summed E-state index contributed by atoms with van der Waals surface area (Å²) in [7, 11) is 0. The second-order valence-corrected chi connectivity index (χ2v) is 7.01. The van der Waals surface area contributed by atoms with Crippen LogP contribution in [0.3, 0.4) is 0 Å². The standard InChI is InChI=1S/C21H20N2O5/c1-13-20(25)23(17-4-2-3-5-18(17)28-13)12-19(24)22-9-8-14-6-7-15(21(26)27)10-16(14)11-22/h2-7,10,13H,8-9,11-12H2,1H3,(H,26,27). The molecule has 2 aliphatic rings. The highest BCUT2D eigenvalue weighted by atomic mass is 16.5. The van der Waals surface area contributed by atoms with Crippen molar-refractivity contribution < 1.29 is 24.2 Å². The maximum atomic E-state index is 12.9. The first kappa shape index (κ1) is 18.0. The highest BCUT2D eigenvalue weighted by molar-refractivity contribution is 6.03. The number of hydrogen-bond donors (Lipinski definition) is 1. The van der Waals surface area contributed by atoms with Gasteiger partial charge in [0.2, 0.25) is 5.91 Å². The average molecular weight is 380 g/mol. The first-order valence-electron chi connectivity index (χ1n) is 9.14. The fraction of sp³-hybridized carbons (Fsp3) is 0.286. The van der Waals surface area contributed by atoms with Crippen molar-refractivity contribution in [3.63, 3.8) is 0 Å². The van der Waals surface area contributed by atoms with Gasteiger partial charge in [-0.25, -0.2) is 4.79 Å². The van der Waals surface area contributed by atoms with Crippen molar-refractivity contribution in [2.24, 2.45) is 0 Å². The number of benzene rings is 2. The highest BCUT2D eigenvalue weighted by Gasteiger charge is 2.34. The molecule has 0 fully saturated rings. The average Bonchev–Trinajstić information content (AvgIpc) is 2.70. The molecule has 2 aromatic rings. The Morgan fingerprint density at radius 3 is 2.75 bits per heavy atom. The Labute approximate surface area is 162 Å². The van der Waals surface area contributed by atoms with E-state index in [9.17, 15) is 19.5 Å². The van der Waals surface area contributed by atoms with Gasteiger partial charge in [-0.2, -0.15) is 0 Å². The van der Waals surface area contributed by atoms with Gasteiger partial charge in [-0.05, 0) is 48.7 Å². The van der Waals surface area contributed by atoms with E-state index in [4.69, 9.17) is 4.74 Å². The van der Waals surface area contributed by atoms with E-state index in [0.717, 1.165) is 11.1 Å². The minimum Gasteiger partial charge on any atom is -0.479 e. The van der Waals surface area contributed by atoms with Gasteiger partial charge in [-0.1, -0.05) is 18.2 Å². The molecule has 0 spiro atoms. The van der Waals surface area contributed by atoms with Crippen LogP contribution in [0.15, 0.2) is 42.5 Å². The quantitative estimate of drug-likeness (QED) is 0.881. The Balaban J connectivity index is 1.54. The third kappa shape index (κ3) is 3.19. The van der Waals surface area contributed by atoms with E-state index in [1.807, 2.05) is 12.1 Å². The van der Waals surface area contributed by atoms with Gasteiger partial charge in [0.05, 0.1) is 11.3 Å². The summed E-state index contributed by atoms with van der Waals surface area (Å²) >= 11 is 0. The number of carbonyl (C=O) groups excluding carboxylic acids is 2. The van der Waals surface area contributed by atoms with Crippen LogP contribution in [0.1, 0.15) is 28.4 Å². The number of anilines is 1. The van der Waals surface area contributed by atoms with Crippen LogP contribution in [0.4, 0.5) is 5.69 Å². The number of carbonyl (C=O) groups is 3. The SMILES string of the molecule is CC1Oc2ccccc2N(CC(=O)N2CCc3ccc(C(=O)O)cc3C2)C1=O. The summed E-state index contributed by atoms with van der Waals surface area (Å²) in [4.78, 5) is 39.9. The van der Waals surface area contributed by atoms with Gasteiger partial charge in [0.15, 0.2) is 6.10 Å². The number of fused-ring (bicyclic) bond motifs is 2. The van der Waals surface area contributed by atoms with Crippen LogP contribution in [0.25, 0.3) is 0 Å². The third-order valence-corrected chi connectivity index (χ3v) is 5.19. The molecule has 1 N–H and O–H groups in total. The zero-order valence-electron chi connectivity index (χ0n) is 15.4. The number of carboxylic acid groups (broad SMARTS) is 1. The second kappa shape index (κ2) is 6.99. The maximum absolute atomic E-state index is 12.9. The molecule has 1 atom stereocenters. The third-order valence-electron chi connectivity index (χ3n) is 5.19. The predicted octanol–water partition coefficient (Wildman–Crippen LogP) is 2.08. The van der Waals surface area contributed by atoms with Crippen LogP contribution < -0.4 is 9.64 Å². The van der Waals surface area contributed by atoms with E-state index >= 15 is 0 Å². The van der Waals surface area contributed by atoms with Crippen LogP contribution in [-0.2, 0) is 22.6 Å². The van der Waals surface area contributed by atoms with Gasteiger partial charge in [0, 0.05) is 13.1 Å². The van der Waals surface area contributed by atoms with Gasteiger partial charge in [0.1, 0.15) is 12.3 Å². The van der Waals surface area contributed by atoms with Crippen molar-refractivity contribution in [1.29, 1.82) is 0 Å².